The molecule has 1 saturated heterocycles. The number of rotatable bonds is 4. The minimum Gasteiger partial charge on any atom is -0.346 e. The van der Waals surface area contributed by atoms with Crippen LogP contribution in [0.15, 0.2) is 66.5 Å². The van der Waals surface area contributed by atoms with Crippen LogP contribution in [-0.2, 0) is 0 Å². The summed E-state index contributed by atoms with van der Waals surface area (Å²) in [6, 6.07) is 13.4. The van der Waals surface area contributed by atoms with Gasteiger partial charge in [-0.15, -0.1) is 0 Å². The molecule has 5 heterocycles. The van der Waals surface area contributed by atoms with Gasteiger partial charge < -0.3 is 9.88 Å². The van der Waals surface area contributed by atoms with Crippen LogP contribution in [0.3, 0.4) is 0 Å². The van der Waals surface area contributed by atoms with Gasteiger partial charge in [0.1, 0.15) is 29.4 Å². The van der Waals surface area contributed by atoms with Crippen LogP contribution in [0.2, 0.25) is 0 Å². The maximum atomic E-state index is 13.8. The molecule has 9 heteroatoms. The van der Waals surface area contributed by atoms with Gasteiger partial charge in [-0.05, 0) is 31.0 Å². The Balaban J connectivity index is 1.61. The number of hydrogen-bond acceptors (Lipinski definition) is 6. The van der Waals surface area contributed by atoms with Gasteiger partial charge in [-0.1, -0.05) is 30.9 Å². The fourth-order valence-corrected chi connectivity index (χ4v) is 4.85. The zero-order valence-corrected chi connectivity index (χ0v) is 18.2. The largest absolute Gasteiger partial charge is 0.346 e. The number of nitriles is 1. The summed E-state index contributed by atoms with van der Waals surface area (Å²) < 4.78 is 3.32. The number of fused-ring (bicyclic) bond motifs is 2. The third-order valence-electron chi connectivity index (χ3n) is 6.37. The Morgan fingerprint density at radius 2 is 2.06 bits per heavy atom. The van der Waals surface area contributed by atoms with E-state index in [9.17, 15) is 10.1 Å². The van der Waals surface area contributed by atoms with E-state index in [2.05, 4.69) is 32.5 Å². The van der Waals surface area contributed by atoms with Crippen LogP contribution < -0.4 is 10.5 Å². The molecule has 1 aromatic carbocycles. The first kappa shape index (κ1) is 19.9. The first-order chi connectivity index (χ1) is 16.7. The molecule has 0 radical (unpaired) electrons. The average Bonchev–Trinajstić information content (AvgIpc) is 3.61. The van der Waals surface area contributed by atoms with Crippen molar-refractivity contribution in [2.75, 3.05) is 11.4 Å². The summed E-state index contributed by atoms with van der Waals surface area (Å²) >= 11 is 0. The molecule has 0 bridgehead atoms. The summed E-state index contributed by atoms with van der Waals surface area (Å²) in [5.74, 6) is 1.28. The van der Waals surface area contributed by atoms with Crippen LogP contribution in [-0.4, -0.2) is 35.7 Å². The van der Waals surface area contributed by atoms with Gasteiger partial charge in [0.2, 0.25) is 0 Å². The lowest BCUT2D eigenvalue weighted by Gasteiger charge is -2.27. The number of nitrogens with one attached hydrogen (secondary N) is 1. The summed E-state index contributed by atoms with van der Waals surface area (Å²) in [5, 5.41) is 15.2. The Kier molecular flexibility index (Phi) is 4.52. The third kappa shape index (κ3) is 2.85. The molecule has 0 unspecified atom stereocenters. The second kappa shape index (κ2) is 7.71. The third-order valence-corrected chi connectivity index (χ3v) is 6.37. The van der Waals surface area contributed by atoms with Gasteiger partial charge in [0.05, 0.1) is 22.7 Å². The smallest absolute Gasteiger partial charge is 0.283 e. The number of anilines is 1. The second-order valence-electron chi connectivity index (χ2n) is 8.19. The molecule has 1 atom stereocenters. The number of nitrogens with zero attached hydrogens (tertiary/aromatic N) is 7. The van der Waals surface area contributed by atoms with Crippen molar-refractivity contribution in [2.45, 2.75) is 18.9 Å². The van der Waals surface area contributed by atoms with Crippen molar-refractivity contribution in [1.29, 1.82) is 5.26 Å². The minimum atomic E-state index is -0.216. The number of H-pyrrole nitrogens is 1. The Hall–Kier alpha value is -4.71. The van der Waals surface area contributed by atoms with Crippen molar-refractivity contribution >= 4 is 28.4 Å². The molecule has 34 heavy (non-hydrogen) atoms. The Morgan fingerprint density at radius 1 is 1.21 bits per heavy atom. The van der Waals surface area contributed by atoms with Gasteiger partial charge in [-0.2, -0.15) is 10.4 Å². The van der Waals surface area contributed by atoms with Gasteiger partial charge in [0.25, 0.3) is 5.56 Å². The van der Waals surface area contributed by atoms with Crippen LogP contribution in [0.1, 0.15) is 35.8 Å². The quantitative estimate of drug-likeness (QED) is 0.450. The molecule has 5 aromatic rings. The molecule has 1 aliphatic heterocycles. The zero-order chi connectivity index (χ0) is 23.2. The SMILES string of the molecule is C=Cc1ccn2nc([C@@H]3CCCN3c3ncnc4[nH]cc(C#N)c34)n(-c3ccccc3)c(=O)c12. The fraction of sp³-hybridized carbons (Fsp3) is 0.160. The highest BCUT2D eigenvalue weighted by atomic mass is 16.1. The number of aromatic nitrogens is 6. The van der Waals surface area contributed by atoms with E-state index in [-0.39, 0.29) is 11.6 Å². The van der Waals surface area contributed by atoms with E-state index in [4.69, 9.17) is 5.10 Å². The first-order valence-electron chi connectivity index (χ1n) is 11.0. The highest BCUT2D eigenvalue weighted by molar-refractivity contribution is 5.93. The maximum absolute atomic E-state index is 13.8. The van der Waals surface area contributed by atoms with Crippen LogP contribution in [0.25, 0.3) is 28.3 Å². The highest BCUT2D eigenvalue weighted by Gasteiger charge is 2.34. The van der Waals surface area contributed by atoms with Crippen LogP contribution in [0, 0.1) is 11.3 Å². The van der Waals surface area contributed by atoms with Crippen molar-refractivity contribution < 1.29 is 0 Å². The van der Waals surface area contributed by atoms with Gasteiger partial charge in [0.15, 0.2) is 5.82 Å². The van der Waals surface area contributed by atoms with E-state index in [0.29, 0.717) is 33.8 Å². The molecule has 9 nitrogen and oxygen atoms in total. The molecule has 0 spiro atoms. The van der Waals surface area contributed by atoms with E-state index in [0.717, 1.165) is 30.6 Å². The van der Waals surface area contributed by atoms with Crippen LogP contribution in [0.4, 0.5) is 5.82 Å². The fourth-order valence-electron chi connectivity index (χ4n) is 4.85. The molecule has 1 fully saturated rings. The summed E-state index contributed by atoms with van der Waals surface area (Å²) in [5.41, 5.74) is 2.90. The monoisotopic (exact) mass is 448 g/mol. The lowest BCUT2D eigenvalue weighted by Crippen LogP contribution is -2.33. The van der Waals surface area contributed by atoms with Gasteiger partial charge in [-0.3, -0.25) is 9.36 Å². The highest BCUT2D eigenvalue weighted by Crippen LogP contribution is 2.38. The zero-order valence-electron chi connectivity index (χ0n) is 18.2. The van der Waals surface area contributed by atoms with E-state index in [1.807, 2.05) is 36.4 Å². The molecule has 0 amide bonds. The number of aromatic amines is 1. The van der Waals surface area contributed by atoms with E-state index >= 15 is 0 Å². The predicted octanol–water partition coefficient (Wildman–Crippen LogP) is 3.61. The predicted molar refractivity (Wildman–Crippen MR) is 129 cm³/mol. The average molecular weight is 448 g/mol. The second-order valence-corrected chi connectivity index (χ2v) is 8.19. The summed E-state index contributed by atoms with van der Waals surface area (Å²) in [6.45, 7) is 4.57. The maximum Gasteiger partial charge on any atom is 0.283 e. The van der Waals surface area contributed by atoms with Crippen LogP contribution in [0.5, 0.6) is 0 Å². The summed E-state index contributed by atoms with van der Waals surface area (Å²) in [6.07, 6.45) is 8.28. The molecular formula is C25H20N8O. The van der Waals surface area contributed by atoms with Crippen molar-refractivity contribution in [3.05, 3.63) is 89.0 Å². The molecule has 6 rings (SSSR count). The van der Waals surface area contributed by atoms with Crippen molar-refractivity contribution in [1.82, 2.24) is 29.1 Å². The van der Waals surface area contributed by atoms with E-state index in [1.165, 1.54) is 6.33 Å². The van der Waals surface area contributed by atoms with Crippen molar-refractivity contribution in [2.24, 2.45) is 0 Å². The molecule has 1 aliphatic rings. The number of benzene rings is 1. The number of hydrogen-bond donors (Lipinski definition) is 1. The van der Waals surface area contributed by atoms with Gasteiger partial charge in [0, 0.05) is 24.5 Å². The Labute approximate surface area is 194 Å². The van der Waals surface area contributed by atoms with E-state index in [1.54, 1.807) is 27.6 Å². The van der Waals surface area contributed by atoms with Crippen LogP contribution >= 0.6 is 0 Å². The van der Waals surface area contributed by atoms with Crippen molar-refractivity contribution in [3.8, 4) is 11.8 Å². The standard InChI is InChI=1S/C25H20N8O/c1-2-16-10-12-32-21(16)25(34)33(18-7-4-3-5-8-18)23(30-32)19-9-6-11-31(19)24-20-17(13-26)14-27-22(20)28-15-29-24/h2-5,7-8,10,12,14-15,19H,1,6,9,11H2,(H,27,28,29)/t19-/m0/s1. The molecule has 0 aliphatic carbocycles. The normalized spacial score (nSPS) is 15.7. The minimum absolute atomic E-state index is 0.157. The van der Waals surface area contributed by atoms with E-state index < -0.39 is 0 Å². The lowest BCUT2D eigenvalue weighted by molar-refractivity contribution is 0.602. The molecular weight excluding hydrogens is 428 g/mol. The van der Waals surface area contributed by atoms with Gasteiger partial charge >= 0.3 is 0 Å². The molecule has 0 saturated carbocycles. The number of para-hydroxylation sites is 1. The van der Waals surface area contributed by atoms with Gasteiger partial charge in [-0.25, -0.2) is 14.5 Å². The molecule has 1 N–H and O–H groups in total. The lowest BCUT2D eigenvalue weighted by atomic mass is 10.1. The molecule has 4 aromatic heterocycles. The summed E-state index contributed by atoms with van der Waals surface area (Å²) in [4.78, 5) is 27.8. The topological polar surface area (TPSA) is 108 Å². The molecule has 166 valence electrons. The summed E-state index contributed by atoms with van der Waals surface area (Å²) in [7, 11) is 0. The first-order valence-corrected chi connectivity index (χ1v) is 11.0. The Bertz CT molecular complexity index is 1650. The Morgan fingerprint density at radius 3 is 2.85 bits per heavy atom. The van der Waals surface area contributed by atoms with Crippen molar-refractivity contribution in [3.63, 3.8) is 0 Å².